The number of nitrogens with zero attached hydrogens (tertiary/aromatic N) is 5. The van der Waals surface area contributed by atoms with E-state index in [1.165, 1.54) is 11.3 Å². The number of rotatable bonds is 14. The number of hydrogen-bond donors (Lipinski definition) is 0. The van der Waals surface area contributed by atoms with Crippen LogP contribution < -0.4 is 0 Å². The van der Waals surface area contributed by atoms with Gasteiger partial charge < -0.3 is 9.80 Å². The van der Waals surface area contributed by atoms with E-state index in [4.69, 9.17) is 15.2 Å². The van der Waals surface area contributed by atoms with Gasteiger partial charge in [0.1, 0.15) is 0 Å². The summed E-state index contributed by atoms with van der Waals surface area (Å²) in [6.07, 6.45) is 30.7. The smallest absolute Gasteiger partial charge is 0.225 e. The molecule has 0 aliphatic carbocycles. The molecule has 0 aromatic rings. The summed E-state index contributed by atoms with van der Waals surface area (Å²) in [6, 6.07) is 2.35. The summed E-state index contributed by atoms with van der Waals surface area (Å²) in [7, 11) is 0. The van der Waals surface area contributed by atoms with Crippen LogP contribution in [0.4, 0.5) is 0 Å². The molecular weight excluding hydrogens is 639 g/mol. The molecule has 1 unspecified atom stereocenters. The van der Waals surface area contributed by atoms with Gasteiger partial charge in [0.25, 0.3) is 0 Å². The molecule has 1 aliphatic rings. The van der Waals surface area contributed by atoms with Gasteiger partial charge >= 0.3 is 0 Å². The van der Waals surface area contributed by atoms with Gasteiger partial charge in [-0.05, 0) is 79.4 Å². The Morgan fingerprint density at radius 2 is 1.54 bits per heavy atom. The molecule has 0 radical (unpaired) electrons. The summed E-state index contributed by atoms with van der Waals surface area (Å²) in [4.78, 5) is 26.5. The summed E-state index contributed by atoms with van der Waals surface area (Å²) in [5, 5.41) is 8.85. The molecule has 1 amide bonds. The van der Waals surface area contributed by atoms with E-state index in [0.717, 1.165) is 79.9 Å². The summed E-state index contributed by atoms with van der Waals surface area (Å²) >= 11 is 0. The maximum absolute atomic E-state index is 12.6. The molecule has 6 nitrogen and oxygen atoms in total. The Morgan fingerprint density at radius 3 is 1.98 bits per heavy atom. The molecular formula is C46H77N5O. The number of carbonyl (C=O) groups is 1. The van der Waals surface area contributed by atoms with Gasteiger partial charge in [0.15, 0.2) is 0 Å². The van der Waals surface area contributed by atoms with Crippen molar-refractivity contribution in [2.75, 3.05) is 19.6 Å². The van der Waals surface area contributed by atoms with E-state index in [2.05, 4.69) is 98.3 Å². The van der Waals surface area contributed by atoms with Crippen LogP contribution in [-0.4, -0.2) is 52.8 Å². The van der Waals surface area contributed by atoms with E-state index in [1.807, 2.05) is 96.1 Å². The lowest BCUT2D eigenvalue weighted by Crippen LogP contribution is -2.54. The Balaban J connectivity index is -0.000000481. The fourth-order valence-electron chi connectivity index (χ4n) is 5.19. The predicted octanol–water partition coefficient (Wildman–Crippen LogP) is 12.6. The number of terminal acetylenes is 1. The summed E-state index contributed by atoms with van der Waals surface area (Å²) < 4.78 is 0. The van der Waals surface area contributed by atoms with Gasteiger partial charge in [-0.3, -0.25) is 14.8 Å². The molecule has 292 valence electrons. The first-order chi connectivity index (χ1) is 25.0. The van der Waals surface area contributed by atoms with Gasteiger partial charge in [-0.2, -0.15) is 5.26 Å². The molecule has 52 heavy (non-hydrogen) atoms. The zero-order valence-corrected chi connectivity index (χ0v) is 36.3. The first kappa shape index (κ1) is 54.6. The van der Waals surface area contributed by atoms with Crippen molar-refractivity contribution >= 4 is 17.3 Å². The standard InChI is InChI=1S/C27H44N4O.C13H19N.2C2H6.C2H2/c1-10-14-16-28-22(8)26(24(12-3)25(13-4)29-15-11-2)23(9)30-17-18-31(21(7)19-30)27(32)20(5)6;1-4-6-7-9-13(11-14)10-12(3)8-5-2;3*1-2/h11-12,14-16,20-21H,10,13,17-19H2,1-9H3;6-7,9-10H,4-5,8H2,1-3H3;2*1-2H3;1-2H/b15-11-,16-14+,24-12-,26-23-,28-22+,29-25+;7-6+,12-10+,13-9+;;;. The molecule has 6 heteroatoms. The van der Waals surface area contributed by atoms with Crippen molar-refractivity contribution in [3.05, 3.63) is 82.9 Å². The molecule has 1 saturated heterocycles. The minimum Gasteiger partial charge on any atom is -0.371 e. The normalized spacial score (nSPS) is 16.2. The average Bonchev–Trinajstić information content (AvgIpc) is 3.16. The zero-order chi connectivity index (χ0) is 41.1. The van der Waals surface area contributed by atoms with Crippen LogP contribution in [0.2, 0.25) is 0 Å². The third-order valence-electron chi connectivity index (χ3n) is 7.62. The van der Waals surface area contributed by atoms with E-state index in [1.54, 1.807) is 0 Å². The van der Waals surface area contributed by atoms with E-state index in [0.29, 0.717) is 0 Å². The highest BCUT2D eigenvalue weighted by Gasteiger charge is 2.30. The van der Waals surface area contributed by atoms with Crippen molar-refractivity contribution < 1.29 is 4.79 Å². The zero-order valence-electron chi connectivity index (χ0n) is 36.3. The fourth-order valence-corrected chi connectivity index (χ4v) is 5.19. The number of amides is 1. The number of hydrogen-bond acceptors (Lipinski definition) is 5. The van der Waals surface area contributed by atoms with Gasteiger partial charge in [-0.25, -0.2) is 0 Å². The highest BCUT2D eigenvalue weighted by Crippen LogP contribution is 2.26. The summed E-state index contributed by atoms with van der Waals surface area (Å²) in [5.41, 5.74) is 7.49. The molecule has 0 aromatic carbocycles. The van der Waals surface area contributed by atoms with Crippen LogP contribution in [0.15, 0.2) is 92.9 Å². The predicted molar refractivity (Wildman–Crippen MR) is 234 cm³/mol. The van der Waals surface area contributed by atoms with Gasteiger partial charge in [-0.1, -0.05) is 112 Å². The number of aliphatic imine (C=N–C) groups is 2. The highest BCUT2D eigenvalue weighted by molar-refractivity contribution is 6.16. The van der Waals surface area contributed by atoms with Gasteiger partial charge in [-0.15, -0.1) is 12.8 Å². The van der Waals surface area contributed by atoms with Crippen LogP contribution in [0.25, 0.3) is 0 Å². The third-order valence-corrected chi connectivity index (χ3v) is 7.62. The fraction of sp³-hybridized carbons (Fsp3) is 0.565. The molecule has 0 spiro atoms. The SMILES string of the molecule is C#C.CC.CC.CC/C=C/C=C(C#N)\C=C(/C)CCC.C\C=C/N=C(CC)/C(=C/C)C(/C(C)=N/C=C/CC)=C(/C)N1CCN(C(=O)C(C)C)C(C)C1. The summed E-state index contributed by atoms with van der Waals surface area (Å²) in [6.45, 7) is 35.3. The second kappa shape index (κ2) is 36.6. The maximum atomic E-state index is 12.6. The Hall–Kier alpha value is -4.16. The topological polar surface area (TPSA) is 72.1 Å². The molecule has 1 fully saturated rings. The lowest BCUT2D eigenvalue weighted by atomic mass is 9.93. The molecule has 1 rings (SSSR count). The van der Waals surface area contributed by atoms with Crippen molar-refractivity contribution in [1.29, 1.82) is 5.26 Å². The van der Waals surface area contributed by atoms with Gasteiger partial charge in [0.05, 0.1) is 11.6 Å². The van der Waals surface area contributed by atoms with E-state index in [9.17, 15) is 4.79 Å². The van der Waals surface area contributed by atoms with E-state index in [-0.39, 0.29) is 17.9 Å². The molecule has 0 aromatic heterocycles. The van der Waals surface area contributed by atoms with Crippen LogP contribution >= 0.6 is 0 Å². The van der Waals surface area contributed by atoms with Crippen molar-refractivity contribution in [2.24, 2.45) is 15.9 Å². The third kappa shape index (κ3) is 22.6. The largest absolute Gasteiger partial charge is 0.371 e. The quantitative estimate of drug-likeness (QED) is 0.0778. The number of nitriles is 1. The number of allylic oxidation sites excluding steroid dienone is 12. The van der Waals surface area contributed by atoms with Crippen molar-refractivity contribution in [2.45, 2.75) is 149 Å². The second-order valence-electron chi connectivity index (χ2n) is 11.9. The average molecular weight is 716 g/mol. The van der Waals surface area contributed by atoms with Crippen molar-refractivity contribution in [3.63, 3.8) is 0 Å². The van der Waals surface area contributed by atoms with Crippen molar-refractivity contribution in [1.82, 2.24) is 9.80 Å². The van der Waals surface area contributed by atoms with Crippen LogP contribution in [0.5, 0.6) is 0 Å². The maximum Gasteiger partial charge on any atom is 0.225 e. The van der Waals surface area contributed by atoms with Gasteiger partial charge in [0, 0.05) is 72.3 Å². The minimum absolute atomic E-state index is 0.0282. The lowest BCUT2D eigenvalue weighted by molar-refractivity contribution is -0.138. The Labute approximate surface area is 322 Å². The van der Waals surface area contributed by atoms with Gasteiger partial charge in [0.2, 0.25) is 5.91 Å². The highest BCUT2D eigenvalue weighted by atomic mass is 16.2. The Morgan fingerprint density at radius 1 is 0.942 bits per heavy atom. The van der Waals surface area contributed by atoms with Crippen LogP contribution in [0, 0.1) is 30.1 Å². The first-order valence-electron chi connectivity index (χ1n) is 19.6. The van der Waals surface area contributed by atoms with Crippen molar-refractivity contribution in [3.8, 4) is 18.9 Å². The van der Waals surface area contributed by atoms with Crippen LogP contribution in [-0.2, 0) is 4.79 Å². The molecule has 0 N–H and O–H groups in total. The molecule has 1 heterocycles. The number of carbonyl (C=O) groups excluding carboxylic acids is 1. The lowest BCUT2D eigenvalue weighted by Gasteiger charge is -2.42. The van der Waals surface area contributed by atoms with E-state index < -0.39 is 0 Å². The molecule has 1 atom stereocenters. The number of piperazine rings is 1. The molecule has 0 bridgehead atoms. The van der Waals surface area contributed by atoms with Crippen LogP contribution in [0.1, 0.15) is 143 Å². The Kier molecular flexibility index (Phi) is 38.5. The minimum atomic E-state index is 0.0282. The first-order valence-corrected chi connectivity index (χ1v) is 19.6. The van der Waals surface area contributed by atoms with E-state index >= 15 is 0 Å². The molecule has 0 saturated carbocycles. The Bertz CT molecular complexity index is 1310. The second-order valence-corrected chi connectivity index (χ2v) is 11.9. The van der Waals surface area contributed by atoms with Crippen LogP contribution in [0.3, 0.4) is 0 Å². The monoisotopic (exact) mass is 716 g/mol. The molecule has 1 aliphatic heterocycles. The summed E-state index contributed by atoms with van der Waals surface area (Å²) in [5.74, 6) is 0.267.